The molecule has 33 heavy (non-hydrogen) atoms. The predicted molar refractivity (Wildman–Crippen MR) is 118 cm³/mol. The van der Waals surface area contributed by atoms with Crippen molar-refractivity contribution in [3.05, 3.63) is 68.9 Å². The van der Waals surface area contributed by atoms with Gasteiger partial charge in [-0.3, -0.25) is 19.9 Å². The van der Waals surface area contributed by atoms with Gasteiger partial charge in [0.2, 0.25) is 0 Å². The Labute approximate surface area is 188 Å². The molecule has 1 aromatic carbocycles. The molecule has 0 saturated carbocycles. The van der Waals surface area contributed by atoms with E-state index in [1.165, 1.54) is 6.07 Å². The molecule has 1 fully saturated rings. The molecule has 2 bridgehead atoms. The van der Waals surface area contributed by atoms with Crippen molar-refractivity contribution in [1.82, 2.24) is 19.7 Å². The number of aromatic amines is 1. The number of ether oxygens (including phenoxy) is 1. The minimum absolute atomic E-state index is 0.0129. The topological polar surface area (TPSA) is 127 Å². The van der Waals surface area contributed by atoms with Crippen LogP contribution in [0.4, 0.5) is 5.69 Å². The van der Waals surface area contributed by atoms with Crippen LogP contribution in [0.5, 0.6) is 5.75 Å². The number of hydrogen-bond acceptors (Lipinski definition) is 7. The third-order valence-electron chi connectivity index (χ3n) is 6.87. The van der Waals surface area contributed by atoms with Gasteiger partial charge < -0.3 is 24.6 Å². The van der Waals surface area contributed by atoms with Gasteiger partial charge in [0.15, 0.2) is 0 Å². The number of nitrogens with zero attached hydrogens (tertiary/aromatic N) is 4. The summed E-state index contributed by atoms with van der Waals surface area (Å²) in [6.07, 6.45) is 1.74. The van der Waals surface area contributed by atoms with Crippen LogP contribution in [0.1, 0.15) is 34.1 Å². The van der Waals surface area contributed by atoms with E-state index >= 15 is 0 Å². The largest absolute Gasteiger partial charge is 0.733 e. The van der Waals surface area contributed by atoms with Crippen LogP contribution in [-0.2, 0) is 13.0 Å². The lowest BCUT2D eigenvalue weighted by atomic mass is 9.83. The number of H-pyrrole nitrogens is 1. The Morgan fingerprint density at radius 2 is 2.09 bits per heavy atom. The third kappa shape index (κ3) is 3.30. The number of carbonyl (C=O) groups is 1. The minimum Gasteiger partial charge on any atom is -0.733 e. The van der Waals surface area contributed by atoms with Crippen molar-refractivity contribution in [2.45, 2.75) is 25.3 Å². The second kappa shape index (κ2) is 7.46. The molecule has 3 aromatic rings. The van der Waals surface area contributed by atoms with Crippen molar-refractivity contribution in [2.24, 2.45) is 5.92 Å². The predicted octanol–water partition coefficient (Wildman–Crippen LogP) is 2.13. The Hall–Kier alpha value is -3.63. The molecule has 1 unspecified atom stereocenters. The van der Waals surface area contributed by atoms with E-state index in [2.05, 4.69) is 16.3 Å². The Morgan fingerprint density at radius 3 is 2.94 bits per heavy atom. The van der Waals surface area contributed by atoms with Crippen LogP contribution in [0.25, 0.3) is 11.3 Å². The summed E-state index contributed by atoms with van der Waals surface area (Å²) in [5.41, 5.74) is 3.20. The zero-order valence-corrected chi connectivity index (χ0v) is 17.7. The smallest absolute Gasteiger partial charge is 0.275 e. The molecule has 0 spiro atoms. The number of hydrogen-bond donors (Lipinski definition) is 2. The van der Waals surface area contributed by atoms with Crippen LogP contribution >= 0.6 is 0 Å². The van der Waals surface area contributed by atoms with Gasteiger partial charge in [-0.15, -0.1) is 0 Å². The quantitative estimate of drug-likeness (QED) is 0.588. The van der Waals surface area contributed by atoms with Crippen molar-refractivity contribution >= 4 is 11.6 Å². The number of carbonyl (C=O) groups excluding carboxylic acids is 1. The highest BCUT2D eigenvalue weighted by Crippen LogP contribution is 2.36. The van der Waals surface area contributed by atoms with E-state index in [1.807, 2.05) is 12.1 Å². The molecule has 5 heterocycles. The van der Waals surface area contributed by atoms with Gasteiger partial charge in [-0.25, -0.2) is 0 Å². The second-order valence-corrected chi connectivity index (χ2v) is 8.93. The number of rotatable bonds is 3. The molecule has 10 heteroatoms. The van der Waals surface area contributed by atoms with Crippen LogP contribution in [0.15, 0.2) is 41.2 Å². The molecule has 2 N–H and O–H groups in total. The van der Waals surface area contributed by atoms with Gasteiger partial charge in [-0.05, 0) is 54.3 Å². The molecule has 6 rings (SSSR count). The summed E-state index contributed by atoms with van der Waals surface area (Å²) < 4.78 is 7.12. The monoisotopic (exact) mass is 448 g/mol. The number of anilines is 1. The molecule has 1 amide bonds. The van der Waals surface area contributed by atoms with E-state index in [1.54, 1.807) is 21.6 Å². The number of benzene rings is 1. The molecule has 2 aromatic heterocycles. The molecule has 10 nitrogen and oxygen atoms in total. The maximum absolute atomic E-state index is 13.3. The summed E-state index contributed by atoms with van der Waals surface area (Å²) in [6, 6.07) is 10.7. The van der Waals surface area contributed by atoms with Crippen LogP contribution in [0.3, 0.4) is 0 Å². The van der Waals surface area contributed by atoms with Gasteiger partial charge in [0, 0.05) is 43.2 Å². The van der Waals surface area contributed by atoms with Crippen LogP contribution in [-0.4, -0.2) is 50.5 Å². The highest BCUT2D eigenvalue weighted by molar-refractivity contribution is 5.93. The van der Waals surface area contributed by atoms with E-state index in [0.717, 1.165) is 35.4 Å². The van der Waals surface area contributed by atoms with Crippen molar-refractivity contribution in [2.75, 3.05) is 24.9 Å². The zero-order valence-electron chi connectivity index (χ0n) is 17.7. The SMILES string of the molecule is O=C(c1cc(-c2ccc3c(c2)CCO3)n[nH]1)N1CC2C[C@@H](C1)Cn1c2ccc(N([O-])O)c1=O. The van der Waals surface area contributed by atoms with Gasteiger partial charge in [0.05, 0.1) is 12.3 Å². The first-order valence-corrected chi connectivity index (χ1v) is 11.0. The summed E-state index contributed by atoms with van der Waals surface area (Å²) in [7, 11) is 0. The van der Waals surface area contributed by atoms with Crippen molar-refractivity contribution in [3.63, 3.8) is 0 Å². The van der Waals surface area contributed by atoms with Crippen LogP contribution in [0, 0.1) is 11.1 Å². The average Bonchev–Trinajstić information content (AvgIpc) is 3.48. The molecular weight excluding hydrogens is 426 g/mol. The highest BCUT2D eigenvalue weighted by atomic mass is 16.8. The Kier molecular flexibility index (Phi) is 4.52. The number of likely N-dealkylation sites (tertiary alicyclic amines) is 1. The van der Waals surface area contributed by atoms with E-state index < -0.39 is 5.56 Å². The molecule has 1 saturated heterocycles. The highest BCUT2D eigenvalue weighted by Gasteiger charge is 2.37. The standard InChI is InChI=1S/C23H22N5O5/c29-22(18-9-17(24-25-18)14-1-4-21-15(8-14)5-6-33-21)26-10-13-7-16(12-26)19-2-3-20(28(31)32)23(30)27(19)11-13/h1-4,8-9,13,16,31H,5-7,10-12H2,(H,24,25)/q-1/t13-,16?/m0/s1. The van der Waals surface area contributed by atoms with Gasteiger partial charge in [0.1, 0.15) is 17.1 Å². The van der Waals surface area contributed by atoms with Gasteiger partial charge >= 0.3 is 0 Å². The Bertz CT molecular complexity index is 1310. The minimum atomic E-state index is -0.502. The number of pyridine rings is 1. The first-order chi connectivity index (χ1) is 16.0. The first-order valence-electron chi connectivity index (χ1n) is 11.0. The van der Waals surface area contributed by atoms with Crippen LogP contribution in [0.2, 0.25) is 0 Å². The summed E-state index contributed by atoms with van der Waals surface area (Å²) in [5.74, 6) is 0.854. The summed E-state index contributed by atoms with van der Waals surface area (Å²) >= 11 is 0. The van der Waals surface area contributed by atoms with Crippen molar-refractivity contribution in [3.8, 4) is 17.0 Å². The van der Waals surface area contributed by atoms with Crippen molar-refractivity contribution < 1.29 is 14.7 Å². The zero-order chi connectivity index (χ0) is 22.7. The molecule has 3 aliphatic rings. The molecular formula is C23H22N5O5-. The van der Waals surface area contributed by atoms with E-state index in [9.17, 15) is 20.0 Å². The molecule has 0 radical (unpaired) electrons. The van der Waals surface area contributed by atoms with Crippen molar-refractivity contribution in [1.29, 1.82) is 0 Å². The summed E-state index contributed by atoms with van der Waals surface area (Å²) in [6.45, 7) is 2.07. The first kappa shape index (κ1) is 20.0. The fraction of sp³-hybridized carbons (Fsp3) is 0.348. The number of nitrogens with one attached hydrogen (secondary N) is 1. The van der Waals surface area contributed by atoms with Gasteiger partial charge in [-0.1, -0.05) is 0 Å². The maximum Gasteiger partial charge on any atom is 0.275 e. The van der Waals surface area contributed by atoms with E-state index in [4.69, 9.17) is 4.74 Å². The Balaban J connectivity index is 1.24. The lowest BCUT2D eigenvalue weighted by molar-refractivity contribution is 0.0588. The number of amides is 1. The van der Waals surface area contributed by atoms with E-state index in [-0.39, 0.29) is 28.7 Å². The van der Waals surface area contributed by atoms with Gasteiger partial charge in [0.25, 0.3) is 11.5 Å². The lowest BCUT2D eigenvalue weighted by Gasteiger charge is -2.43. The molecule has 3 aliphatic heterocycles. The number of piperidine rings is 1. The Morgan fingerprint density at radius 1 is 1.21 bits per heavy atom. The number of fused-ring (bicyclic) bond motifs is 5. The maximum atomic E-state index is 13.3. The molecule has 0 aliphatic carbocycles. The van der Waals surface area contributed by atoms with E-state index in [0.29, 0.717) is 37.6 Å². The molecule has 2 atom stereocenters. The lowest BCUT2D eigenvalue weighted by Crippen LogP contribution is -2.49. The van der Waals surface area contributed by atoms with Gasteiger partial charge in [-0.2, -0.15) is 5.10 Å². The fourth-order valence-corrected chi connectivity index (χ4v) is 5.34. The summed E-state index contributed by atoms with van der Waals surface area (Å²) in [5, 5.41) is 27.3. The summed E-state index contributed by atoms with van der Waals surface area (Å²) in [4.78, 5) is 27.7. The average molecular weight is 448 g/mol. The van der Waals surface area contributed by atoms with Crippen LogP contribution < -0.4 is 15.5 Å². The second-order valence-electron chi connectivity index (χ2n) is 8.93. The third-order valence-corrected chi connectivity index (χ3v) is 6.87. The normalized spacial score (nSPS) is 20.7. The molecule has 170 valence electrons. The fourth-order valence-electron chi connectivity index (χ4n) is 5.34. The number of aromatic nitrogens is 3.